The van der Waals surface area contributed by atoms with Gasteiger partial charge in [0.2, 0.25) is 19.7 Å². The van der Waals surface area contributed by atoms with Crippen LogP contribution in [-0.2, 0) is 25.1 Å². The summed E-state index contributed by atoms with van der Waals surface area (Å²) >= 11 is 0. The summed E-state index contributed by atoms with van der Waals surface area (Å²) in [5, 5.41) is 0. The molecule has 0 spiro atoms. The van der Waals surface area contributed by atoms with Gasteiger partial charge in [-0.3, -0.25) is 0 Å². The third kappa shape index (κ3) is 6.26. The van der Waals surface area contributed by atoms with Gasteiger partial charge in [-0.05, 0) is 90.6 Å². The van der Waals surface area contributed by atoms with Gasteiger partial charge in [-0.2, -0.15) is 0 Å². The highest BCUT2D eigenvalue weighted by molar-refractivity contribution is 7.91. The molecule has 0 radical (unpaired) electrons. The standard InChI is InChI=1S/C32H34O5S2/c1-6-31(24-9-17-28(18-10-24)38(33,34)27-15-7-23(2)8-16-27)37-26-13-21-30(22-14-26)39(35,36)29-19-11-25(12-20-29)32(3,4)5/h7-22,31H,6H2,1-5H3. The van der Waals surface area contributed by atoms with Gasteiger partial charge in [0.05, 0.1) is 19.6 Å². The summed E-state index contributed by atoms with van der Waals surface area (Å²) in [6.45, 7) is 10.1. The molecule has 0 bridgehead atoms. The van der Waals surface area contributed by atoms with Gasteiger partial charge in [0, 0.05) is 0 Å². The van der Waals surface area contributed by atoms with Crippen LogP contribution in [0.25, 0.3) is 0 Å². The molecule has 0 fully saturated rings. The molecule has 0 N–H and O–H groups in total. The third-order valence-corrected chi connectivity index (χ3v) is 10.3. The Bertz CT molecular complexity index is 1630. The summed E-state index contributed by atoms with van der Waals surface area (Å²) < 4.78 is 58.4. The first-order valence-corrected chi connectivity index (χ1v) is 15.8. The molecule has 0 amide bonds. The lowest BCUT2D eigenvalue weighted by Gasteiger charge is -2.19. The Morgan fingerprint density at radius 3 is 1.41 bits per heavy atom. The topological polar surface area (TPSA) is 77.5 Å². The molecule has 0 saturated carbocycles. The third-order valence-electron chi connectivity index (χ3n) is 6.71. The Labute approximate surface area is 232 Å². The highest BCUT2D eigenvalue weighted by Crippen LogP contribution is 2.30. The average Bonchev–Trinajstić information content (AvgIpc) is 2.92. The highest BCUT2D eigenvalue weighted by Gasteiger charge is 2.21. The maximum Gasteiger partial charge on any atom is 0.206 e. The summed E-state index contributed by atoms with van der Waals surface area (Å²) in [5.74, 6) is 0.528. The van der Waals surface area contributed by atoms with Crippen LogP contribution in [0.3, 0.4) is 0 Å². The molecular weight excluding hydrogens is 528 g/mol. The van der Waals surface area contributed by atoms with Crippen molar-refractivity contribution in [3.05, 3.63) is 114 Å². The zero-order valence-electron chi connectivity index (χ0n) is 22.9. The molecule has 0 saturated heterocycles. The molecule has 5 nitrogen and oxygen atoms in total. The molecular formula is C32H34O5S2. The predicted octanol–water partition coefficient (Wildman–Crippen LogP) is 7.49. The number of rotatable bonds is 8. The summed E-state index contributed by atoms with van der Waals surface area (Å²) in [4.78, 5) is 0.910. The fourth-order valence-electron chi connectivity index (χ4n) is 4.23. The smallest absolute Gasteiger partial charge is 0.206 e. The van der Waals surface area contributed by atoms with Crippen LogP contribution in [0.15, 0.2) is 117 Å². The number of benzene rings is 4. The molecule has 39 heavy (non-hydrogen) atoms. The van der Waals surface area contributed by atoms with E-state index in [1.807, 2.05) is 26.0 Å². The zero-order valence-corrected chi connectivity index (χ0v) is 24.5. The minimum Gasteiger partial charge on any atom is -0.486 e. The van der Waals surface area contributed by atoms with Crippen molar-refractivity contribution in [2.24, 2.45) is 0 Å². The fourth-order valence-corrected chi connectivity index (χ4v) is 6.76. The SMILES string of the molecule is CCC(Oc1ccc(S(=O)(=O)c2ccc(C(C)(C)C)cc2)cc1)c1ccc(S(=O)(=O)c2ccc(C)cc2)cc1. The van der Waals surface area contributed by atoms with Gasteiger partial charge in [0.1, 0.15) is 11.9 Å². The maximum atomic E-state index is 13.1. The van der Waals surface area contributed by atoms with Crippen LogP contribution in [0.5, 0.6) is 5.75 Å². The Morgan fingerprint density at radius 1 is 0.615 bits per heavy atom. The van der Waals surface area contributed by atoms with E-state index in [1.54, 1.807) is 84.9 Å². The van der Waals surface area contributed by atoms with E-state index in [-0.39, 0.29) is 31.1 Å². The number of hydrogen-bond acceptors (Lipinski definition) is 5. The quantitative estimate of drug-likeness (QED) is 0.222. The highest BCUT2D eigenvalue weighted by atomic mass is 32.2. The summed E-state index contributed by atoms with van der Waals surface area (Å²) in [7, 11) is -7.27. The van der Waals surface area contributed by atoms with E-state index >= 15 is 0 Å². The van der Waals surface area contributed by atoms with Gasteiger partial charge < -0.3 is 4.74 Å². The first-order chi connectivity index (χ1) is 18.3. The van der Waals surface area contributed by atoms with Crippen molar-refractivity contribution in [2.45, 2.75) is 72.1 Å². The van der Waals surface area contributed by atoms with Gasteiger partial charge in [-0.25, -0.2) is 16.8 Å². The van der Waals surface area contributed by atoms with E-state index < -0.39 is 19.7 Å². The van der Waals surface area contributed by atoms with Crippen LogP contribution >= 0.6 is 0 Å². The second-order valence-electron chi connectivity index (χ2n) is 10.6. The fraction of sp³-hybridized carbons (Fsp3) is 0.250. The van der Waals surface area contributed by atoms with E-state index in [9.17, 15) is 16.8 Å². The van der Waals surface area contributed by atoms with E-state index in [4.69, 9.17) is 4.74 Å². The van der Waals surface area contributed by atoms with Crippen molar-refractivity contribution in [3.8, 4) is 5.75 Å². The van der Waals surface area contributed by atoms with Crippen molar-refractivity contribution in [3.63, 3.8) is 0 Å². The lowest BCUT2D eigenvalue weighted by molar-refractivity contribution is 0.201. The number of aryl methyl sites for hydroxylation is 1. The maximum absolute atomic E-state index is 13.1. The molecule has 4 aromatic rings. The van der Waals surface area contributed by atoms with Gasteiger partial charge in [0.15, 0.2) is 0 Å². The zero-order chi connectivity index (χ0) is 28.4. The van der Waals surface area contributed by atoms with Crippen molar-refractivity contribution in [1.29, 1.82) is 0 Å². The first kappa shape index (κ1) is 28.6. The molecule has 0 heterocycles. The minimum atomic E-state index is -3.66. The van der Waals surface area contributed by atoms with E-state index in [0.29, 0.717) is 12.2 Å². The molecule has 0 aliphatic carbocycles. The first-order valence-electron chi connectivity index (χ1n) is 12.9. The average molecular weight is 563 g/mol. The Morgan fingerprint density at radius 2 is 1.00 bits per heavy atom. The number of hydrogen-bond donors (Lipinski definition) is 0. The van der Waals surface area contributed by atoms with E-state index in [0.717, 1.165) is 16.7 Å². The van der Waals surface area contributed by atoms with Crippen molar-refractivity contribution < 1.29 is 21.6 Å². The molecule has 1 atom stereocenters. The van der Waals surface area contributed by atoms with Crippen LogP contribution < -0.4 is 4.74 Å². The molecule has 1 unspecified atom stereocenters. The van der Waals surface area contributed by atoms with Gasteiger partial charge in [0.25, 0.3) is 0 Å². The van der Waals surface area contributed by atoms with Crippen molar-refractivity contribution >= 4 is 19.7 Å². The summed E-state index contributed by atoms with van der Waals surface area (Å²) in [5.41, 5.74) is 2.83. The Balaban J connectivity index is 1.49. The van der Waals surface area contributed by atoms with Crippen molar-refractivity contribution in [2.75, 3.05) is 0 Å². The second kappa shape index (κ2) is 11.0. The molecule has 204 valence electrons. The van der Waals surface area contributed by atoms with Gasteiger partial charge in [-0.15, -0.1) is 0 Å². The van der Waals surface area contributed by atoms with Crippen LogP contribution in [0.2, 0.25) is 0 Å². The minimum absolute atomic E-state index is 0.0627. The van der Waals surface area contributed by atoms with E-state index in [1.165, 1.54) is 0 Å². The van der Waals surface area contributed by atoms with Crippen LogP contribution in [0.4, 0.5) is 0 Å². The second-order valence-corrected chi connectivity index (χ2v) is 14.5. The summed E-state index contributed by atoms with van der Waals surface area (Å²) in [6, 6.07) is 26.9. The van der Waals surface area contributed by atoms with E-state index in [2.05, 4.69) is 20.8 Å². The van der Waals surface area contributed by atoms with Crippen LogP contribution in [0.1, 0.15) is 56.9 Å². The molecule has 7 heteroatoms. The normalized spacial score (nSPS) is 13.2. The molecule has 4 aromatic carbocycles. The van der Waals surface area contributed by atoms with Crippen LogP contribution in [0, 0.1) is 6.92 Å². The van der Waals surface area contributed by atoms with Crippen LogP contribution in [-0.4, -0.2) is 16.8 Å². The molecule has 0 aliphatic rings. The Kier molecular flexibility index (Phi) is 8.05. The molecule has 4 rings (SSSR count). The molecule has 0 aromatic heterocycles. The summed E-state index contributed by atoms with van der Waals surface area (Å²) in [6.07, 6.45) is 0.318. The lowest BCUT2D eigenvalue weighted by atomic mass is 9.87. The Hall–Kier alpha value is -3.42. The molecule has 0 aliphatic heterocycles. The van der Waals surface area contributed by atoms with Crippen molar-refractivity contribution in [1.82, 2.24) is 0 Å². The number of sulfone groups is 2. The monoisotopic (exact) mass is 562 g/mol. The van der Waals surface area contributed by atoms with Gasteiger partial charge >= 0.3 is 0 Å². The largest absolute Gasteiger partial charge is 0.486 e. The van der Waals surface area contributed by atoms with Gasteiger partial charge in [-0.1, -0.05) is 69.7 Å². The predicted molar refractivity (Wildman–Crippen MR) is 154 cm³/mol. The number of ether oxygens (including phenoxy) is 1. The lowest BCUT2D eigenvalue weighted by Crippen LogP contribution is -2.11.